The minimum Gasteiger partial charge on any atom is -0.375 e. The number of ether oxygens (including phenoxy) is 1. The third kappa shape index (κ3) is 5.53. The SMILES string of the molecule is COCC(=O)Nc1cccc(-c2nc3ccc(C(=O)N4CCN(C)CC4)cc3nc2-c2ccc(F)cc2)c1. The van der Waals surface area contributed by atoms with E-state index in [9.17, 15) is 14.0 Å². The molecule has 4 aromatic rings. The number of methoxy groups -OCH3 is 1. The number of aromatic nitrogens is 2. The van der Waals surface area contributed by atoms with Gasteiger partial charge in [-0.15, -0.1) is 0 Å². The minimum absolute atomic E-state index is 0.0336. The summed E-state index contributed by atoms with van der Waals surface area (Å²) < 4.78 is 18.6. The summed E-state index contributed by atoms with van der Waals surface area (Å²) in [5.74, 6) is -0.661. The number of carbonyl (C=O) groups is 2. The summed E-state index contributed by atoms with van der Waals surface area (Å²) in [7, 11) is 3.50. The van der Waals surface area contributed by atoms with Crippen molar-refractivity contribution in [2.24, 2.45) is 0 Å². The number of nitrogens with one attached hydrogen (secondary N) is 1. The summed E-state index contributed by atoms with van der Waals surface area (Å²) in [6, 6.07) is 18.7. The second-order valence-corrected chi connectivity index (χ2v) is 9.29. The van der Waals surface area contributed by atoms with E-state index >= 15 is 0 Å². The smallest absolute Gasteiger partial charge is 0.254 e. The molecule has 1 N–H and O–H groups in total. The van der Waals surface area contributed by atoms with Crippen molar-refractivity contribution < 1.29 is 18.7 Å². The number of carbonyl (C=O) groups excluding carboxylic acids is 2. The molecule has 194 valence electrons. The summed E-state index contributed by atoms with van der Waals surface area (Å²) in [6.07, 6.45) is 0. The molecule has 1 saturated heterocycles. The van der Waals surface area contributed by atoms with Gasteiger partial charge in [0.05, 0.1) is 22.4 Å². The van der Waals surface area contributed by atoms with Crippen LogP contribution >= 0.6 is 0 Å². The van der Waals surface area contributed by atoms with E-state index in [1.807, 2.05) is 30.1 Å². The van der Waals surface area contributed by atoms with Gasteiger partial charge in [-0.3, -0.25) is 9.59 Å². The Bertz CT molecular complexity index is 1480. The van der Waals surface area contributed by atoms with Gasteiger partial charge in [-0.2, -0.15) is 0 Å². The largest absolute Gasteiger partial charge is 0.375 e. The summed E-state index contributed by atoms with van der Waals surface area (Å²) in [5, 5.41) is 2.80. The summed E-state index contributed by atoms with van der Waals surface area (Å²) >= 11 is 0. The van der Waals surface area contributed by atoms with E-state index in [2.05, 4.69) is 10.2 Å². The molecule has 0 unspecified atom stereocenters. The van der Waals surface area contributed by atoms with Crippen molar-refractivity contribution in [3.8, 4) is 22.5 Å². The molecule has 1 fully saturated rings. The van der Waals surface area contributed by atoms with Gasteiger partial charge in [0.2, 0.25) is 5.91 Å². The third-order valence-corrected chi connectivity index (χ3v) is 6.51. The maximum Gasteiger partial charge on any atom is 0.254 e. The van der Waals surface area contributed by atoms with Crippen molar-refractivity contribution in [3.05, 3.63) is 78.1 Å². The number of hydrogen-bond donors (Lipinski definition) is 1. The van der Waals surface area contributed by atoms with Gasteiger partial charge in [0.25, 0.3) is 5.91 Å². The molecule has 0 bridgehead atoms. The Balaban J connectivity index is 1.57. The highest BCUT2D eigenvalue weighted by atomic mass is 19.1. The molecule has 0 spiro atoms. The molecule has 2 amide bonds. The van der Waals surface area contributed by atoms with Crippen LogP contribution in [0.5, 0.6) is 0 Å². The van der Waals surface area contributed by atoms with Crippen LogP contribution in [0.25, 0.3) is 33.5 Å². The predicted molar refractivity (Wildman–Crippen MR) is 144 cm³/mol. The zero-order chi connectivity index (χ0) is 26.6. The molecule has 1 aliphatic heterocycles. The topological polar surface area (TPSA) is 87.7 Å². The maximum absolute atomic E-state index is 13.7. The van der Waals surface area contributed by atoms with Crippen LogP contribution in [-0.4, -0.2) is 78.5 Å². The van der Waals surface area contributed by atoms with Gasteiger partial charge in [-0.25, -0.2) is 14.4 Å². The molecule has 3 aromatic carbocycles. The van der Waals surface area contributed by atoms with Crippen LogP contribution in [0, 0.1) is 5.82 Å². The van der Waals surface area contributed by atoms with Gasteiger partial charge in [-0.05, 0) is 61.6 Å². The second kappa shape index (κ2) is 11.0. The maximum atomic E-state index is 13.7. The van der Waals surface area contributed by atoms with Crippen LogP contribution in [0.1, 0.15) is 10.4 Å². The van der Waals surface area contributed by atoms with Gasteiger partial charge in [0.15, 0.2) is 0 Å². The van der Waals surface area contributed by atoms with Crippen molar-refractivity contribution in [2.45, 2.75) is 0 Å². The lowest BCUT2D eigenvalue weighted by Crippen LogP contribution is -2.47. The van der Waals surface area contributed by atoms with E-state index in [0.29, 0.717) is 52.3 Å². The van der Waals surface area contributed by atoms with E-state index in [-0.39, 0.29) is 24.2 Å². The fourth-order valence-corrected chi connectivity index (χ4v) is 4.46. The molecule has 0 aliphatic carbocycles. The highest BCUT2D eigenvalue weighted by Crippen LogP contribution is 2.32. The standard InChI is InChI=1S/C29H28FN5O3/c1-34-12-14-35(15-13-34)29(37)21-8-11-24-25(17-21)33-27(19-6-9-22(30)10-7-19)28(32-24)20-4-3-5-23(16-20)31-26(36)18-38-2/h3-11,16-17H,12-15,18H2,1-2H3,(H,31,36). The second-order valence-electron chi connectivity index (χ2n) is 9.29. The first-order valence-electron chi connectivity index (χ1n) is 12.4. The molecule has 1 aromatic heterocycles. The highest BCUT2D eigenvalue weighted by molar-refractivity contribution is 5.98. The first-order valence-corrected chi connectivity index (χ1v) is 12.4. The molecule has 1 aliphatic rings. The van der Waals surface area contributed by atoms with Crippen molar-refractivity contribution in [1.82, 2.24) is 19.8 Å². The Kier molecular flexibility index (Phi) is 7.39. The van der Waals surface area contributed by atoms with Crippen LogP contribution in [0.4, 0.5) is 10.1 Å². The number of halogens is 1. The highest BCUT2D eigenvalue weighted by Gasteiger charge is 2.21. The van der Waals surface area contributed by atoms with Crippen LogP contribution in [0.3, 0.4) is 0 Å². The Morgan fingerprint density at radius 3 is 2.34 bits per heavy atom. The molecule has 0 atom stereocenters. The summed E-state index contributed by atoms with van der Waals surface area (Å²) in [5.41, 5.74) is 4.85. The third-order valence-electron chi connectivity index (χ3n) is 6.51. The van der Waals surface area contributed by atoms with Gasteiger partial charge >= 0.3 is 0 Å². The monoisotopic (exact) mass is 513 g/mol. The van der Waals surface area contributed by atoms with E-state index in [1.54, 1.807) is 36.4 Å². The molecular formula is C29H28FN5O3. The number of nitrogens with zero attached hydrogens (tertiary/aromatic N) is 4. The lowest BCUT2D eigenvalue weighted by atomic mass is 10.0. The summed E-state index contributed by atoms with van der Waals surface area (Å²) in [4.78, 5) is 39.1. The molecular weight excluding hydrogens is 485 g/mol. The van der Waals surface area contributed by atoms with E-state index < -0.39 is 0 Å². The average Bonchev–Trinajstić information content (AvgIpc) is 2.93. The van der Waals surface area contributed by atoms with Gasteiger partial charge in [0.1, 0.15) is 12.4 Å². The lowest BCUT2D eigenvalue weighted by molar-refractivity contribution is -0.119. The first kappa shape index (κ1) is 25.4. The Morgan fingerprint density at radius 2 is 1.61 bits per heavy atom. The van der Waals surface area contributed by atoms with Crippen molar-refractivity contribution >= 4 is 28.5 Å². The van der Waals surface area contributed by atoms with E-state index in [4.69, 9.17) is 14.7 Å². The molecule has 38 heavy (non-hydrogen) atoms. The van der Waals surface area contributed by atoms with E-state index in [0.717, 1.165) is 18.7 Å². The van der Waals surface area contributed by atoms with Gasteiger partial charge < -0.3 is 19.9 Å². The molecule has 0 saturated carbocycles. The number of anilines is 1. The van der Waals surface area contributed by atoms with Crippen molar-refractivity contribution in [3.63, 3.8) is 0 Å². The zero-order valence-corrected chi connectivity index (χ0v) is 21.3. The normalized spacial score (nSPS) is 14.0. The van der Waals surface area contributed by atoms with E-state index in [1.165, 1.54) is 19.2 Å². The Hall–Kier alpha value is -4.21. The van der Waals surface area contributed by atoms with Gasteiger partial charge in [-0.1, -0.05) is 12.1 Å². The quantitative estimate of drug-likeness (QED) is 0.418. The summed E-state index contributed by atoms with van der Waals surface area (Å²) in [6.45, 7) is 2.96. The fraction of sp³-hybridized carbons (Fsp3) is 0.241. The first-order chi connectivity index (χ1) is 18.4. The van der Waals surface area contributed by atoms with Crippen molar-refractivity contribution in [2.75, 3.05) is 52.3 Å². The van der Waals surface area contributed by atoms with Gasteiger partial charge in [0, 0.05) is 55.7 Å². The molecule has 9 heteroatoms. The number of rotatable bonds is 6. The number of fused-ring (bicyclic) bond motifs is 1. The number of hydrogen-bond acceptors (Lipinski definition) is 6. The van der Waals surface area contributed by atoms with Crippen LogP contribution in [0.2, 0.25) is 0 Å². The number of benzene rings is 3. The fourth-order valence-electron chi connectivity index (χ4n) is 4.46. The van der Waals surface area contributed by atoms with Crippen LogP contribution < -0.4 is 5.32 Å². The average molecular weight is 514 g/mol. The van der Waals surface area contributed by atoms with Crippen molar-refractivity contribution in [1.29, 1.82) is 0 Å². The minimum atomic E-state index is -0.355. The molecule has 0 radical (unpaired) electrons. The molecule has 5 rings (SSSR count). The number of piperazine rings is 1. The zero-order valence-electron chi connectivity index (χ0n) is 21.3. The Labute approximate surface area is 220 Å². The van der Waals surface area contributed by atoms with Crippen LogP contribution in [0.15, 0.2) is 66.7 Å². The predicted octanol–water partition coefficient (Wildman–Crippen LogP) is 4.08. The lowest BCUT2D eigenvalue weighted by Gasteiger charge is -2.32. The molecule has 2 heterocycles. The van der Waals surface area contributed by atoms with Crippen LogP contribution in [-0.2, 0) is 9.53 Å². The number of likely N-dealkylation sites (N-methyl/N-ethyl adjacent to an activating group) is 1. The Morgan fingerprint density at radius 1 is 0.895 bits per heavy atom. The molecule has 8 nitrogen and oxygen atoms in total. The number of amides is 2.